The molecule has 0 spiro atoms. The van der Waals surface area contributed by atoms with Crippen LogP contribution in [0.2, 0.25) is 5.02 Å². The van der Waals surface area contributed by atoms with Crippen molar-refractivity contribution in [3.05, 3.63) is 58.4 Å². The molecule has 0 radical (unpaired) electrons. The van der Waals surface area contributed by atoms with Gasteiger partial charge >= 0.3 is 5.97 Å². The number of nitrogens with one attached hydrogen (secondary N) is 1. The van der Waals surface area contributed by atoms with Crippen LogP contribution in [-0.2, 0) is 11.3 Å². The van der Waals surface area contributed by atoms with Crippen LogP contribution in [0, 0.1) is 5.82 Å². The Labute approximate surface area is 150 Å². The van der Waals surface area contributed by atoms with Crippen LogP contribution in [-0.4, -0.2) is 25.7 Å². The summed E-state index contributed by atoms with van der Waals surface area (Å²) in [6.45, 7) is 3.37. The summed E-state index contributed by atoms with van der Waals surface area (Å²) in [5, 5.41) is 3.38. The lowest BCUT2D eigenvalue weighted by atomic mass is 10.2. The number of carbonyl (C=O) groups is 1. The predicted octanol–water partition coefficient (Wildman–Crippen LogP) is 3.41. The van der Waals surface area contributed by atoms with Crippen LogP contribution < -0.4 is 15.8 Å². The van der Waals surface area contributed by atoms with E-state index in [1.54, 1.807) is 19.1 Å². The maximum Gasteiger partial charge on any atom is 0.342 e. The first kappa shape index (κ1) is 19.0. The molecule has 134 valence electrons. The highest BCUT2D eigenvalue weighted by Crippen LogP contribution is 2.29. The number of nitrogen functional groups attached to an aromatic ring is 1. The molecule has 0 aliphatic heterocycles. The summed E-state index contributed by atoms with van der Waals surface area (Å²) in [6.07, 6.45) is 0. The molecule has 7 heteroatoms. The van der Waals surface area contributed by atoms with Crippen LogP contribution >= 0.6 is 11.6 Å². The number of ether oxygens (including phenoxy) is 2. The lowest BCUT2D eigenvalue weighted by molar-refractivity contribution is 0.0504. The Morgan fingerprint density at radius 3 is 2.68 bits per heavy atom. The van der Waals surface area contributed by atoms with E-state index in [4.69, 9.17) is 26.8 Å². The van der Waals surface area contributed by atoms with E-state index in [9.17, 15) is 9.18 Å². The lowest BCUT2D eigenvalue weighted by Gasteiger charge is -2.12. The molecule has 0 atom stereocenters. The molecule has 25 heavy (non-hydrogen) atoms. The first-order chi connectivity index (χ1) is 12.0. The number of hydrogen-bond acceptors (Lipinski definition) is 5. The first-order valence-corrected chi connectivity index (χ1v) is 8.23. The summed E-state index contributed by atoms with van der Waals surface area (Å²) >= 11 is 5.97. The number of carbonyl (C=O) groups excluding carboxylic acids is 1. The Kier molecular flexibility index (Phi) is 7.03. The maximum absolute atomic E-state index is 12.8. The summed E-state index contributed by atoms with van der Waals surface area (Å²) in [5.74, 6) is -0.465. The van der Waals surface area contributed by atoms with Gasteiger partial charge in [0.25, 0.3) is 0 Å². The molecule has 0 fully saturated rings. The van der Waals surface area contributed by atoms with Gasteiger partial charge in [0.1, 0.15) is 23.7 Å². The number of benzene rings is 2. The Morgan fingerprint density at radius 2 is 2.00 bits per heavy atom. The number of esters is 1. The lowest BCUT2D eigenvalue weighted by Crippen LogP contribution is -2.21. The van der Waals surface area contributed by atoms with Crippen molar-refractivity contribution < 1.29 is 18.7 Å². The van der Waals surface area contributed by atoms with Crippen molar-refractivity contribution in [1.29, 1.82) is 0 Å². The third-order valence-electron chi connectivity index (χ3n) is 3.37. The molecule has 0 heterocycles. The molecular weight excluding hydrogens is 347 g/mol. The maximum atomic E-state index is 12.8. The van der Waals surface area contributed by atoms with Crippen LogP contribution in [0.1, 0.15) is 22.8 Å². The van der Waals surface area contributed by atoms with Crippen molar-refractivity contribution in [2.24, 2.45) is 0 Å². The molecule has 5 nitrogen and oxygen atoms in total. The summed E-state index contributed by atoms with van der Waals surface area (Å²) in [5.41, 5.74) is 7.24. The molecule has 2 rings (SSSR count). The highest BCUT2D eigenvalue weighted by atomic mass is 35.5. The van der Waals surface area contributed by atoms with E-state index in [0.29, 0.717) is 31.1 Å². The highest BCUT2D eigenvalue weighted by Gasteiger charge is 2.16. The minimum atomic E-state index is -0.533. The van der Waals surface area contributed by atoms with Crippen LogP contribution in [0.25, 0.3) is 0 Å². The Bertz CT molecular complexity index is 723. The molecule has 2 aromatic carbocycles. The second-order valence-electron chi connectivity index (χ2n) is 5.24. The molecular formula is C18H20ClFN2O3. The van der Waals surface area contributed by atoms with Gasteiger partial charge in [-0.2, -0.15) is 0 Å². The standard InChI is InChI=1S/C18H20ClFN2O3/c1-2-24-17-10-16(21)15(19)9-14(17)18(23)25-8-7-22-11-12-3-5-13(20)6-4-12/h3-6,9-10,22H,2,7-8,11,21H2,1H3. The molecule has 0 saturated heterocycles. The van der Waals surface area contributed by atoms with E-state index in [2.05, 4.69) is 5.32 Å². The van der Waals surface area contributed by atoms with Crippen molar-refractivity contribution in [3.8, 4) is 5.75 Å². The van der Waals surface area contributed by atoms with Crippen LogP contribution in [0.15, 0.2) is 36.4 Å². The number of rotatable bonds is 8. The summed E-state index contributed by atoms with van der Waals surface area (Å²) < 4.78 is 23.4. The van der Waals surface area contributed by atoms with Gasteiger partial charge in [0.15, 0.2) is 0 Å². The second-order valence-corrected chi connectivity index (χ2v) is 5.65. The van der Waals surface area contributed by atoms with E-state index in [-0.39, 0.29) is 23.0 Å². The average Bonchev–Trinajstić information content (AvgIpc) is 2.59. The van der Waals surface area contributed by atoms with Gasteiger partial charge in [0.2, 0.25) is 0 Å². The fourth-order valence-electron chi connectivity index (χ4n) is 2.13. The van der Waals surface area contributed by atoms with E-state index < -0.39 is 5.97 Å². The van der Waals surface area contributed by atoms with Gasteiger partial charge in [-0.25, -0.2) is 9.18 Å². The van der Waals surface area contributed by atoms with Gasteiger partial charge in [0.05, 0.1) is 17.3 Å². The van der Waals surface area contributed by atoms with Gasteiger partial charge in [0, 0.05) is 19.2 Å². The first-order valence-electron chi connectivity index (χ1n) is 7.85. The van der Waals surface area contributed by atoms with Gasteiger partial charge in [-0.15, -0.1) is 0 Å². The number of hydrogen-bond donors (Lipinski definition) is 2. The Morgan fingerprint density at radius 1 is 1.28 bits per heavy atom. The zero-order valence-corrected chi connectivity index (χ0v) is 14.6. The zero-order chi connectivity index (χ0) is 18.2. The Hall–Kier alpha value is -2.31. The van der Waals surface area contributed by atoms with Gasteiger partial charge in [-0.3, -0.25) is 0 Å². The molecule has 0 bridgehead atoms. The molecule has 0 aromatic heterocycles. The predicted molar refractivity (Wildman–Crippen MR) is 95.4 cm³/mol. The van der Waals surface area contributed by atoms with Gasteiger partial charge in [-0.05, 0) is 30.7 Å². The summed E-state index contributed by atoms with van der Waals surface area (Å²) in [7, 11) is 0. The number of halogens is 2. The normalized spacial score (nSPS) is 10.5. The molecule has 0 unspecified atom stereocenters. The largest absolute Gasteiger partial charge is 0.493 e. The zero-order valence-electron chi connectivity index (χ0n) is 13.9. The fourth-order valence-corrected chi connectivity index (χ4v) is 2.30. The third kappa shape index (κ3) is 5.62. The van der Waals surface area contributed by atoms with Crippen molar-refractivity contribution in [3.63, 3.8) is 0 Å². The third-order valence-corrected chi connectivity index (χ3v) is 3.70. The van der Waals surface area contributed by atoms with Crippen LogP contribution in [0.5, 0.6) is 5.75 Å². The topological polar surface area (TPSA) is 73.6 Å². The average molecular weight is 367 g/mol. The number of nitrogens with two attached hydrogens (primary N) is 1. The highest BCUT2D eigenvalue weighted by molar-refractivity contribution is 6.33. The summed E-state index contributed by atoms with van der Waals surface area (Å²) in [6, 6.07) is 9.14. The molecule has 3 N–H and O–H groups in total. The van der Waals surface area contributed by atoms with Crippen molar-refractivity contribution in [2.75, 3.05) is 25.5 Å². The smallest absolute Gasteiger partial charge is 0.342 e. The Balaban J connectivity index is 1.83. The minimum Gasteiger partial charge on any atom is -0.493 e. The molecule has 0 aliphatic carbocycles. The van der Waals surface area contributed by atoms with Crippen molar-refractivity contribution in [1.82, 2.24) is 5.32 Å². The number of anilines is 1. The SMILES string of the molecule is CCOc1cc(N)c(Cl)cc1C(=O)OCCNCc1ccc(F)cc1. The van der Waals surface area contributed by atoms with Gasteiger partial charge in [-0.1, -0.05) is 23.7 Å². The molecule has 0 saturated carbocycles. The van der Waals surface area contributed by atoms with Crippen LogP contribution in [0.4, 0.5) is 10.1 Å². The minimum absolute atomic E-state index is 0.174. The summed E-state index contributed by atoms with van der Waals surface area (Å²) in [4.78, 5) is 12.2. The van der Waals surface area contributed by atoms with E-state index in [1.165, 1.54) is 24.3 Å². The van der Waals surface area contributed by atoms with E-state index >= 15 is 0 Å². The molecule has 0 aliphatic rings. The molecule has 0 amide bonds. The fraction of sp³-hybridized carbons (Fsp3) is 0.278. The van der Waals surface area contributed by atoms with E-state index in [1.807, 2.05) is 0 Å². The van der Waals surface area contributed by atoms with Crippen LogP contribution in [0.3, 0.4) is 0 Å². The van der Waals surface area contributed by atoms with E-state index in [0.717, 1.165) is 5.56 Å². The molecule has 2 aromatic rings. The quantitative estimate of drug-likeness (QED) is 0.425. The van der Waals surface area contributed by atoms with Crippen molar-refractivity contribution in [2.45, 2.75) is 13.5 Å². The monoisotopic (exact) mass is 366 g/mol. The second kappa shape index (κ2) is 9.25. The van der Waals surface area contributed by atoms with Crippen molar-refractivity contribution >= 4 is 23.3 Å². The van der Waals surface area contributed by atoms with Gasteiger partial charge < -0.3 is 20.5 Å².